The van der Waals surface area contributed by atoms with Crippen molar-refractivity contribution in [2.45, 2.75) is 25.3 Å². The second-order valence-corrected chi connectivity index (χ2v) is 5.35. The van der Waals surface area contributed by atoms with Gasteiger partial charge in [0, 0.05) is 18.0 Å². The Morgan fingerprint density at radius 1 is 1.70 bits per heavy atom. The predicted molar refractivity (Wildman–Crippen MR) is 78.1 cm³/mol. The summed E-state index contributed by atoms with van der Waals surface area (Å²) in [7, 11) is 0. The highest BCUT2D eigenvalue weighted by Gasteiger charge is 2.36. The molecular weight excluding hydrogens is 274 g/mol. The highest BCUT2D eigenvalue weighted by Crippen LogP contribution is 2.48. The molecule has 0 aromatic carbocycles. The molecule has 6 heteroatoms. The largest absolute Gasteiger partial charge is 0.410 e. The Labute approximate surface area is 122 Å². The van der Waals surface area contributed by atoms with Crippen LogP contribution in [-0.2, 0) is 4.74 Å². The van der Waals surface area contributed by atoms with Crippen molar-refractivity contribution in [3.8, 4) is 12.3 Å². The van der Waals surface area contributed by atoms with Gasteiger partial charge >= 0.3 is 6.09 Å². The summed E-state index contributed by atoms with van der Waals surface area (Å²) in [5.41, 5.74) is 6.88. The van der Waals surface area contributed by atoms with Crippen molar-refractivity contribution in [3.05, 3.63) is 40.9 Å². The summed E-state index contributed by atoms with van der Waals surface area (Å²) in [6.45, 7) is 3.77. The molecular formula is C14H15N3O2S. The Hall–Kier alpha value is -2.13. The van der Waals surface area contributed by atoms with Crippen LogP contribution in [0.1, 0.15) is 24.8 Å². The summed E-state index contributed by atoms with van der Waals surface area (Å²) in [5.74, 6) is 2.70. The molecule has 5 nitrogen and oxygen atoms in total. The SMILES string of the molecule is C#CC(C)N1C(C)=C(OC(N)=O)SC1c1cccnc1. The first-order valence-electron chi connectivity index (χ1n) is 6.03. The minimum absolute atomic E-state index is 0.0795. The summed E-state index contributed by atoms with van der Waals surface area (Å²) in [5, 5.41) is 0.401. The number of pyridine rings is 1. The van der Waals surface area contributed by atoms with Gasteiger partial charge in [-0.15, -0.1) is 6.42 Å². The number of hydrogen-bond donors (Lipinski definition) is 1. The van der Waals surface area contributed by atoms with Gasteiger partial charge in [-0.25, -0.2) is 4.79 Å². The van der Waals surface area contributed by atoms with Gasteiger partial charge in [0.1, 0.15) is 5.37 Å². The predicted octanol–water partition coefficient (Wildman–Crippen LogP) is 2.44. The number of thioether (sulfide) groups is 1. The van der Waals surface area contributed by atoms with E-state index in [1.165, 1.54) is 11.8 Å². The molecule has 1 aliphatic heterocycles. The minimum Gasteiger partial charge on any atom is -0.401 e. The normalized spacial score (nSPS) is 19.6. The molecule has 1 aromatic rings. The Morgan fingerprint density at radius 2 is 2.45 bits per heavy atom. The van der Waals surface area contributed by atoms with Crippen molar-refractivity contribution in [1.29, 1.82) is 0 Å². The third kappa shape index (κ3) is 2.73. The molecule has 0 saturated heterocycles. The number of allylic oxidation sites excluding steroid dienone is 1. The van der Waals surface area contributed by atoms with E-state index in [9.17, 15) is 4.79 Å². The van der Waals surface area contributed by atoms with Crippen molar-refractivity contribution >= 4 is 17.9 Å². The highest BCUT2D eigenvalue weighted by molar-refractivity contribution is 8.03. The van der Waals surface area contributed by atoms with Gasteiger partial charge in [-0.3, -0.25) is 4.98 Å². The van der Waals surface area contributed by atoms with Crippen molar-refractivity contribution < 1.29 is 9.53 Å². The lowest BCUT2D eigenvalue weighted by Gasteiger charge is -2.30. The second-order valence-electron chi connectivity index (χ2n) is 4.30. The Morgan fingerprint density at radius 3 is 3.00 bits per heavy atom. The van der Waals surface area contributed by atoms with Gasteiger partial charge in [-0.1, -0.05) is 23.7 Å². The zero-order valence-corrected chi connectivity index (χ0v) is 12.1. The highest BCUT2D eigenvalue weighted by atomic mass is 32.2. The van der Waals surface area contributed by atoms with Crippen molar-refractivity contribution in [2.75, 3.05) is 0 Å². The van der Waals surface area contributed by atoms with Crippen molar-refractivity contribution in [2.24, 2.45) is 5.73 Å². The third-order valence-electron chi connectivity index (χ3n) is 2.98. The van der Waals surface area contributed by atoms with Crippen molar-refractivity contribution in [1.82, 2.24) is 9.88 Å². The monoisotopic (exact) mass is 289 g/mol. The van der Waals surface area contributed by atoms with Gasteiger partial charge in [0.05, 0.1) is 11.7 Å². The molecule has 0 fully saturated rings. The summed E-state index contributed by atoms with van der Waals surface area (Å²) in [6.07, 6.45) is 8.18. The maximum Gasteiger partial charge on any atom is 0.410 e. The molecule has 1 aliphatic rings. The lowest BCUT2D eigenvalue weighted by molar-refractivity contribution is 0.191. The van der Waals surface area contributed by atoms with Gasteiger partial charge in [0.25, 0.3) is 0 Å². The number of rotatable bonds is 3. The van der Waals surface area contributed by atoms with Crippen LogP contribution < -0.4 is 5.73 Å². The lowest BCUT2D eigenvalue weighted by Crippen LogP contribution is -2.30. The summed E-state index contributed by atoms with van der Waals surface area (Å²) in [4.78, 5) is 17.1. The maximum absolute atomic E-state index is 11.0. The van der Waals surface area contributed by atoms with Crippen LogP contribution in [0.15, 0.2) is 35.3 Å². The van der Waals surface area contributed by atoms with Crippen LogP contribution in [0, 0.1) is 12.3 Å². The molecule has 1 aromatic heterocycles. The molecule has 2 unspecified atom stereocenters. The molecule has 20 heavy (non-hydrogen) atoms. The Balaban J connectivity index is 2.35. The van der Waals surface area contributed by atoms with E-state index in [4.69, 9.17) is 16.9 Å². The van der Waals surface area contributed by atoms with Gasteiger partial charge in [0.15, 0.2) is 5.09 Å². The second kappa shape index (κ2) is 5.88. The molecule has 0 bridgehead atoms. The summed E-state index contributed by atoms with van der Waals surface area (Å²) in [6, 6.07) is 3.68. The number of carbonyl (C=O) groups is 1. The number of primary amides is 1. The smallest absolute Gasteiger partial charge is 0.401 e. The molecule has 0 saturated carbocycles. The molecule has 2 atom stereocenters. The Bertz CT molecular complexity index is 580. The van der Waals surface area contributed by atoms with E-state index in [1.807, 2.05) is 30.9 Å². The zero-order valence-electron chi connectivity index (χ0n) is 11.2. The van der Waals surface area contributed by atoms with Crippen LogP contribution in [0.2, 0.25) is 0 Å². The number of nitrogens with zero attached hydrogens (tertiary/aromatic N) is 2. The minimum atomic E-state index is -0.827. The van der Waals surface area contributed by atoms with Gasteiger partial charge in [-0.05, 0) is 19.9 Å². The number of nitrogens with two attached hydrogens (primary N) is 1. The van der Waals surface area contributed by atoms with Crippen LogP contribution in [0.5, 0.6) is 0 Å². The average Bonchev–Trinajstić information content (AvgIpc) is 2.76. The number of carbonyl (C=O) groups excluding carboxylic acids is 1. The number of ether oxygens (including phenoxy) is 1. The quantitative estimate of drug-likeness (QED) is 0.866. The van der Waals surface area contributed by atoms with Crippen LogP contribution in [0.3, 0.4) is 0 Å². The van der Waals surface area contributed by atoms with E-state index < -0.39 is 6.09 Å². The van der Waals surface area contributed by atoms with E-state index in [0.717, 1.165) is 11.3 Å². The van der Waals surface area contributed by atoms with E-state index in [2.05, 4.69) is 10.9 Å². The molecule has 0 spiro atoms. The molecule has 0 aliphatic carbocycles. The van der Waals surface area contributed by atoms with E-state index in [0.29, 0.717) is 5.09 Å². The topological polar surface area (TPSA) is 68.5 Å². The molecule has 104 valence electrons. The first-order chi connectivity index (χ1) is 9.54. The standard InChI is InChI=1S/C14H15N3O2S/c1-4-9(2)17-10(3)13(19-14(15)18)20-12(17)11-6-5-7-16-8-11/h1,5-9,12H,2-3H3,(H2,15,18). The molecule has 2 rings (SSSR count). The molecule has 2 N–H and O–H groups in total. The fourth-order valence-electron chi connectivity index (χ4n) is 2.04. The molecule has 1 amide bonds. The number of terminal acetylenes is 1. The number of hydrogen-bond acceptors (Lipinski definition) is 5. The first-order valence-corrected chi connectivity index (χ1v) is 6.91. The maximum atomic E-state index is 11.0. The van der Waals surface area contributed by atoms with Crippen LogP contribution >= 0.6 is 11.8 Å². The zero-order chi connectivity index (χ0) is 14.7. The van der Waals surface area contributed by atoms with E-state index in [1.54, 1.807) is 12.4 Å². The summed E-state index contributed by atoms with van der Waals surface area (Å²) >= 11 is 1.40. The van der Waals surface area contributed by atoms with Crippen molar-refractivity contribution in [3.63, 3.8) is 0 Å². The van der Waals surface area contributed by atoms with Crippen LogP contribution in [0.4, 0.5) is 4.79 Å². The van der Waals surface area contributed by atoms with Gasteiger partial charge in [-0.2, -0.15) is 0 Å². The van der Waals surface area contributed by atoms with E-state index >= 15 is 0 Å². The fraction of sp³-hybridized carbons (Fsp3) is 0.286. The van der Waals surface area contributed by atoms with Gasteiger partial charge in [0.2, 0.25) is 0 Å². The first kappa shape index (κ1) is 14.3. The summed E-state index contributed by atoms with van der Waals surface area (Å²) < 4.78 is 5.05. The van der Waals surface area contributed by atoms with Crippen LogP contribution in [0.25, 0.3) is 0 Å². The number of aromatic nitrogens is 1. The third-order valence-corrected chi connectivity index (χ3v) is 4.29. The lowest BCUT2D eigenvalue weighted by atomic mass is 10.2. The van der Waals surface area contributed by atoms with Gasteiger partial charge < -0.3 is 15.4 Å². The van der Waals surface area contributed by atoms with E-state index in [-0.39, 0.29) is 11.4 Å². The number of amides is 1. The fourth-order valence-corrected chi connectivity index (χ4v) is 3.38. The molecule has 2 heterocycles. The average molecular weight is 289 g/mol. The van der Waals surface area contributed by atoms with Crippen LogP contribution in [-0.4, -0.2) is 22.0 Å². The Kier molecular flexibility index (Phi) is 4.20. The molecule has 0 radical (unpaired) electrons.